The van der Waals surface area contributed by atoms with Crippen LogP contribution in [0.5, 0.6) is 0 Å². The van der Waals surface area contributed by atoms with Crippen molar-refractivity contribution < 1.29 is 23.1 Å². The molecule has 2 rings (SSSR count). The zero-order valence-corrected chi connectivity index (χ0v) is 13.4. The van der Waals surface area contributed by atoms with Gasteiger partial charge >= 0.3 is 5.97 Å². The van der Waals surface area contributed by atoms with Gasteiger partial charge in [0.15, 0.2) is 0 Å². The average molecular weight is 333 g/mol. The van der Waals surface area contributed by atoms with Gasteiger partial charge in [0.25, 0.3) is 0 Å². The van der Waals surface area contributed by atoms with Crippen LogP contribution in [0.2, 0.25) is 0 Å². The lowest BCUT2D eigenvalue weighted by molar-refractivity contribution is 0.0601. The fourth-order valence-electron chi connectivity index (χ4n) is 2.47. The van der Waals surface area contributed by atoms with Gasteiger partial charge in [-0.2, -0.15) is 0 Å². The van der Waals surface area contributed by atoms with Crippen molar-refractivity contribution in [3.05, 3.63) is 16.3 Å². The molecule has 6 nitrogen and oxygen atoms in total. The predicted octanol–water partition coefficient (Wildman–Crippen LogP) is 1.36. The number of esters is 1. The van der Waals surface area contributed by atoms with Crippen LogP contribution in [0.1, 0.15) is 35.4 Å². The summed E-state index contributed by atoms with van der Waals surface area (Å²) in [7, 11) is -2.56. The quantitative estimate of drug-likeness (QED) is 0.794. The van der Waals surface area contributed by atoms with Gasteiger partial charge in [0.2, 0.25) is 10.0 Å². The third-order valence-corrected chi connectivity index (χ3v) is 6.18. The van der Waals surface area contributed by atoms with E-state index in [1.807, 2.05) is 0 Å². The van der Waals surface area contributed by atoms with Gasteiger partial charge in [-0.1, -0.05) is 12.8 Å². The molecule has 2 unspecified atom stereocenters. The Morgan fingerprint density at radius 3 is 2.86 bits per heavy atom. The zero-order valence-electron chi connectivity index (χ0n) is 11.7. The van der Waals surface area contributed by atoms with Gasteiger partial charge in [-0.25, -0.2) is 17.9 Å². The lowest BCUT2D eigenvalue weighted by atomic mass is 9.87. The number of hydrogen-bond acceptors (Lipinski definition) is 6. The highest BCUT2D eigenvalue weighted by molar-refractivity contribution is 7.89. The van der Waals surface area contributed by atoms with Crippen molar-refractivity contribution in [3.63, 3.8) is 0 Å². The molecule has 0 radical (unpaired) electrons. The predicted molar refractivity (Wildman–Crippen MR) is 78.8 cm³/mol. The summed E-state index contributed by atoms with van der Waals surface area (Å²) in [6.07, 6.45) is 3.01. The molecule has 1 aromatic rings. The summed E-state index contributed by atoms with van der Waals surface area (Å²) in [5.41, 5.74) is 0. The minimum absolute atomic E-state index is 0.0641. The van der Waals surface area contributed by atoms with Crippen molar-refractivity contribution in [2.75, 3.05) is 13.7 Å². The van der Waals surface area contributed by atoms with E-state index in [1.165, 1.54) is 18.6 Å². The molecule has 1 aliphatic carbocycles. The van der Waals surface area contributed by atoms with E-state index in [0.717, 1.165) is 30.6 Å². The second-order valence-electron chi connectivity index (χ2n) is 5.07. The largest absolute Gasteiger partial charge is 0.465 e. The molecule has 1 aliphatic rings. The van der Waals surface area contributed by atoms with E-state index in [1.54, 1.807) is 0 Å². The Morgan fingerprint density at radius 2 is 2.19 bits per heavy atom. The van der Waals surface area contributed by atoms with E-state index in [4.69, 9.17) is 0 Å². The Balaban J connectivity index is 2.08. The van der Waals surface area contributed by atoms with Gasteiger partial charge in [0, 0.05) is 6.54 Å². The highest BCUT2D eigenvalue weighted by atomic mass is 32.2. The first kappa shape index (κ1) is 16.4. The van der Waals surface area contributed by atoms with E-state index in [2.05, 4.69) is 9.46 Å². The molecule has 1 heterocycles. The van der Waals surface area contributed by atoms with E-state index >= 15 is 0 Å². The molecule has 2 atom stereocenters. The second-order valence-corrected chi connectivity index (χ2v) is 7.72. The number of methoxy groups -OCH3 is 1. The maximum absolute atomic E-state index is 12.3. The highest BCUT2D eigenvalue weighted by Crippen LogP contribution is 2.26. The van der Waals surface area contributed by atoms with Gasteiger partial charge in [-0.15, -0.1) is 11.3 Å². The Labute approximate surface area is 128 Å². The topological polar surface area (TPSA) is 92.7 Å². The van der Waals surface area contributed by atoms with Gasteiger partial charge in [0.1, 0.15) is 9.77 Å². The van der Waals surface area contributed by atoms with Crippen molar-refractivity contribution in [2.45, 2.75) is 36.7 Å². The summed E-state index contributed by atoms with van der Waals surface area (Å²) >= 11 is 1.03. The summed E-state index contributed by atoms with van der Waals surface area (Å²) in [5, 5.41) is 11.4. The molecule has 1 aromatic heterocycles. The molecule has 0 spiro atoms. The first-order chi connectivity index (χ1) is 9.95. The van der Waals surface area contributed by atoms with Gasteiger partial charge in [-0.05, 0) is 30.2 Å². The van der Waals surface area contributed by atoms with E-state index in [9.17, 15) is 18.3 Å². The molecule has 8 heteroatoms. The summed E-state index contributed by atoms with van der Waals surface area (Å²) in [4.78, 5) is 11.6. The third kappa shape index (κ3) is 3.82. The Morgan fingerprint density at radius 1 is 1.48 bits per heavy atom. The number of carbonyl (C=O) groups excluding carboxylic acids is 1. The van der Waals surface area contributed by atoms with Gasteiger partial charge < -0.3 is 9.84 Å². The monoisotopic (exact) mass is 333 g/mol. The molecule has 0 bridgehead atoms. The summed E-state index contributed by atoms with van der Waals surface area (Å²) < 4.78 is 31.7. The van der Waals surface area contributed by atoms with Crippen LogP contribution in [-0.4, -0.2) is 39.3 Å². The number of sulfonamides is 1. The average Bonchev–Trinajstić information content (AvgIpc) is 2.96. The van der Waals surface area contributed by atoms with Crippen LogP contribution in [0.3, 0.4) is 0 Å². The summed E-state index contributed by atoms with van der Waals surface area (Å²) in [5.74, 6) is -0.739. The number of ether oxygens (including phenoxy) is 1. The lowest BCUT2D eigenvalue weighted by Crippen LogP contribution is -2.36. The molecule has 2 N–H and O–H groups in total. The fourth-order valence-corrected chi connectivity index (χ4v) is 4.90. The molecule has 0 aliphatic heterocycles. The van der Waals surface area contributed by atoms with Crippen LogP contribution in [0.4, 0.5) is 0 Å². The van der Waals surface area contributed by atoms with E-state index in [-0.39, 0.29) is 22.2 Å². The Bertz CT molecular complexity index is 595. The molecule has 0 saturated heterocycles. The zero-order chi connectivity index (χ0) is 15.5. The summed E-state index contributed by atoms with van der Waals surface area (Å²) in [6.45, 7) is 0.181. The van der Waals surface area contributed by atoms with Gasteiger partial charge in [-0.3, -0.25) is 0 Å². The number of hydrogen-bond donors (Lipinski definition) is 2. The molecule has 1 saturated carbocycles. The molecule has 0 aromatic carbocycles. The Hall–Kier alpha value is -0.960. The first-order valence-corrected chi connectivity index (χ1v) is 9.15. The lowest BCUT2D eigenvalue weighted by Gasteiger charge is -2.27. The first-order valence-electron chi connectivity index (χ1n) is 6.79. The molecule has 118 valence electrons. The maximum atomic E-state index is 12.3. The number of thiophene rings is 1. The molecule has 0 amide bonds. The van der Waals surface area contributed by atoms with Crippen LogP contribution < -0.4 is 4.72 Å². The molecule has 21 heavy (non-hydrogen) atoms. The molecule has 1 fully saturated rings. The normalized spacial score (nSPS) is 23.0. The fraction of sp³-hybridized carbons (Fsp3) is 0.615. The molecular formula is C13H19NO5S2. The van der Waals surface area contributed by atoms with Crippen molar-refractivity contribution in [2.24, 2.45) is 5.92 Å². The van der Waals surface area contributed by atoms with E-state index < -0.39 is 22.1 Å². The Kier molecular flexibility index (Phi) is 5.37. The standard InChI is InChI=1S/C13H19NO5S2/c1-19-13(16)12-11(6-7-20-12)21(17,18)14-8-9-4-2-3-5-10(9)15/h6-7,9-10,14-15H,2-5,8H2,1H3. The minimum Gasteiger partial charge on any atom is -0.465 e. The third-order valence-electron chi connectivity index (χ3n) is 3.69. The smallest absolute Gasteiger partial charge is 0.349 e. The minimum atomic E-state index is -3.78. The van der Waals surface area contributed by atoms with Crippen molar-refractivity contribution in [1.29, 1.82) is 0 Å². The highest BCUT2D eigenvalue weighted by Gasteiger charge is 2.28. The summed E-state index contributed by atoms with van der Waals surface area (Å²) in [6, 6.07) is 1.39. The number of carbonyl (C=O) groups is 1. The van der Waals surface area contributed by atoms with Crippen molar-refractivity contribution >= 4 is 27.3 Å². The van der Waals surface area contributed by atoms with Crippen LogP contribution in [0, 0.1) is 5.92 Å². The van der Waals surface area contributed by atoms with Crippen LogP contribution in [-0.2, 0) is 14.8 Å². The van der Waals surface area contributed by atoms with Crippen LogP contribution >= 0.6 is 11.3 Å². The second kappa shape index (κ2) is 6.87. The number of nitrogens with one attached hydrogen (secondary N) is 1. The van der Waals surface area contributed by atoms with Gasteiger partial charge in [0.05, 0.1) is 13.2 Å². The van der Waals surface area contributed by atoms with E-state index in [0.29, 0.717) is 6.42 Å². The van der Waals surface area contributed by atoms with Crippen molar-refractivity contribution in [3.8, 4) is 0 Å². The number of aliphatic hydroxyl groups excluding tert-OH is 1. The molecular weight excluding hydrogens is 314 g/mol. The van der Waals surface area contributed by atoms with Crippen molar-refractivity contribution in [1.82, 2.24) is 4.72 Å². The van der Waals surface area contributed by atoms with Crippen LogP contribution in [0.15, 0.2) is 16.3 Å². The maximum Gasteiger partial charge on any atom is 0.349 e. The van der Waals surface area contributed by atoms with Crippen LogP contribution in [0.25, 0.3) is 0 Å². The number of aliphatic hydroxyl groups is 1. The SMILES string of the molecule is COC(=O)c1sccc1S(=O)(=O)NCC1CCCCC1O. The number of rotatable bonds is 5.